The molecule has 0 N–H and O–H groups in total. The molecular formula is C8H15N3. The Labute approximate surface area is 67.4 Å². The molecule has 0 bridgehead atoms. The molecule has 0 saturated heterocycles. The van der Waals surface area contributed by atoms with Crippen LogP contribution in [-0.4, -0.2) is 15.0 Å². The van der Waals surface area contributed by atoms with Crippen molar-refractivity contribution in [1.82, 2.24) is 15.0 Å². The Balaban J connectivity index is 2.88. The summed E-state index contributed by atoms with van der Waals surface area (Å²) in [6, 6.07) is 0. The second-order valence-electron chi connectivity index (χ2n) is 2.69. The van der Waals surface area contributed by atoms with Crippen molar-refractivity contribution in [2.45, 2.75) is 40.2 Å². The average molecular weight is 153 g/mol. The fraction of sp³-hybridized carbons (Fsp3) is 0.750. The van der Waals surface area contributed by atoms with E-state index in [0.717, 1.165) is 25.1 Å². The van der Waals surface area contributed by atoms with Crippen LogP contribution in [0.4, 0.5) is 0 Å². The number of aryl methyl sites for hydroxylation is 2. The maximum Gasteiger partial charge on any atom is 0.0828 e. The van der Waals surface area contributed by atoms with E-state index in [-0.39, 0.29) is 0 Å². The van der Waals surface area contributed by atoms with E-state index in [9.17, 15) is 0 Å². The zero-order valence-corrected chi connectivity index (χ0v) is 7.46. The van der Waals surface area contributed by atoms with Crippen LogP contribution in [0.25, 0.3) is 0 Å². The number of nitrogens with zero attached hydrogens (tertiary/aromatic N) is 3. The first-order chi connectivity index (χ1) is 5.29. The molecule has 0 spiro atoms. The third-order valence-electron chi connectivity index (χ3n) is 1.82. The maximum absolute atomic E-state index is 4.02. The summed E-state index contributed by atoms with van der Waals surface area (Å²) < 4.78 is 1.97. The Morgan fingerprint density at radius 3 is 2.64 bits per heavy atom. The van der Waals surface area contributed by atoms with Crippen LogP contribution in [0.15, 0.2) is 0 Å². The highest BCUT2D eigenvalue weighted by molar-refractivity contribution is 5.07. The molecular weight excluding hydrogens is 138 g/mol. The summed E-state index contributed by atoms with van der Waals surface area (Å²) in [5, 5.41) is 8.04. The molecule has 0 saturated carbocycles. The summed E-state index contributed by atoms with van der Waals surface area (Å²) in [5.74, 6) is 0. The Bertz CT molecular complexity index is 227. The molecule has 11 heavy (non-hydrogen) atoms. The number of rotatable bonds is 3. The van der Waals surface area contributed by atoms with Gasteiger partial charge in [0.2, 0.25) is 0 Å². The van der Waals surface area contributed by atoms with Gasteiger partial charge in [-0.15, -0.1) is 5.10 Å². The summed E-state index contributed by atoms with van der Waals surface area (Å²) in [4.78, 5) is 0. The second kappa shape index (κ2) is 3.51. The number of hydrogen-bond donors (Lipinski definition) is 0. The monoisotopic (exact) mass is 153 g/mol. The van der Waals surface area contributed by atoms with Gasteiger partial charge in [0.15, 0.2) is 0 Å². The zero-order chi connectivity index (χ0) is 8.27. The molecule has 1 aromatic rings. The predicted molar refractivity (Wildman–Crippen MR) is 44.4 cm³/mol. The quantitative estimate of drug-likeness (QED) is 0.659. The number of hydrogen-bond acceptors (Lipinski definition) is 2. The molecule has 3 heteroatoms. The standard InChI is InChI=1S/C8H15N3/c1-4-6-8-7(3)9-10-11(8)5-2/h4-6H2,1-3H3. The highest BCUT2D eigenvalue weighted by atomic mass is 15.4. The molecule has 1 heterocycles. The van der Waals surface area contributed by atoms with Gasteiger partial charge >= 0.3 is 0 Å². The summed E-state index contributed by atoms with van der Waals surface area (Å²) in [6.45, 7) is 7.21. The largest absolute Gasteiger partial charge is 0.249 e. The average Bonchev–Trinajstić information content (AvgIpc) is 2.34. The molecule has 0 aromatic carbocycles. The Hall–Kier alpha value is -0.860. The first-order valence-electron chi connectivity index (χ1n) is 4.18. The van der Waals surface area contributed by atoms with Crippen LogP contribution in [0.1, 0.15) is 31.7 Å². The first-order valence-corrected chi connectivity index (χ1v) is 4.18. The molecule has 1 aromatic heterocycles. The molecule has 62 valence electrons. The molecule has 0 aliphatic carbocycles. The molecule has 0 unspecified atom stereocenters. The van der Waals surface area contributed by atoms with E-state index in [1.165, 1.54) is 5.69 Å². The lowest BCUT2D eigenvalue weighted by atomic mass is 10.2. The van der Waals surface area contributed by atoms with Crippen LogP contribution < -0.4 is 0 Å². The van der Waals surface area contributed by atoms with Gasteiger partial charge < -0.3 is 0 Å². The van der Waals surface area contributed by atoms with E-state index < -0.39 is 0 Å². The van der Waals surface area contributed by atoms with Gasteiger partial charge in [-0.05, 0) is 20.3 Å². The summed E-state index contributed by atoms with van der Waals surface area (Å²) in [7, 11) is 0. The zero-order valence-electron chi connectivity index (χ0n) is 7.46. The Morgan fingerprint density at radius 2 is 2.09 bits per heavy atom. The smallest absolute Gasteiger partial charge is 0.0828 e. The van der Waals surface area contributed by atoms with Gasteiger partial charge in [-0.3, -0.25) is 0 Å². The lowest BCUT2D eigenvalue weighted by molar-refractivity contribution is 0.593. The van der Waals surface area contributed by atoms with Gasteiger partial charge in [0.1, 0.15) is 0 Å². The molecule has 0 atom stereocenters. The van der Waals surface area contributed by atoms with Crippen molar-refractivity contribution in [3.63, 3.8) is 0 Å². The van der Waals surface area contributed by atoms with Crippen molar-refractivity contribution in [2.75, 3.05) is 0 Å². The molecule has 0 aliphatic heterocycles. The third-order valence-corrected chi connectivity index (χ3v) is 1.82. The molecule has 0 aliphatic rings. The third kappa shape index (κ3) is 1.59. The minimum Gasteiger partial charge on any atom is -0.249 e. The molecule has 0 amide bonds. The van der Waals surface area contributed by atoms with Crippen molar-refractivity contribution >= 4 is 0 Å². The van der Waals surface area contributed by atoms with E-state index in [1.807, 2.05) is 11.6 Å². The van der Waals surface area contributed by atoms with Gasteiger partial charge in [-0.2, -0.15) is 0 Å². The molecule has 1 rings (SSSR count). The van der Waals surface area contributed by atoms with Crippen LogP contribution in [0.3, 0.4) is 0 Å². The topological polar surface area (TPSA) is 30.7 Å². The maximum atomic E-state index is 4.02. The van der Waals surface area contributed by atoms with Gasteiger partial charge in [0, 0.05) is 6.54 Å². The van der Waals surface area contributed by atoms with Crippen molar-refractivity contribution in [3.05, 3.63) is 11.4 Å². The van der Waals surface area contributed by atoms with E-state index >= 15 is 0 Å². The highest BCUT2D eigenvalue weighted by Gasteiger charge is 2.05. The van der Waals surface area contributed by atoms with Crippen molar-refractivity contribution in [3.8, 4) is 0 Å². The molecule has 3 nitrogen and oxygen atoms in total. The minimum atomic E-state index is 0.927. The first kappa shape index (κ1) is 8.24. The van der Waals surface area contributed by atoms with Crippen molar-refractivity contribution in [1.29, 1.82) is 0 Å². The van der Waals surface area contributed by atoms with Gasteiger partial charge in [0.25, 0.3) is 0 Å². The summed E-state index contributed by atoms with van der Waals surface area (Å²) in [6.07, 6.45) is 2.25. The molecule has 0 radical (unpaired) electrons. The van der Waals surface area contributed by atoms with Crippen LogP contribution >= 0.6 is 0 Å². The van der Waals surface area contributed by atoms with E-state index in [1.54, 1.807) is 0 Å². The predicted octanol–water partition coefficient (Wildman–Crippen LogP) is 1.56. The normalized spacial score (nSPS) is 10.5. The SMILES string of the molecule is CCCc1c(C)nnn1CC. The minimum absolute atomic E-state index is 0.927. The summed E-state index contributed by atoms with van der Waals surface area (Å²) in [5.41, 5.74) is 2.36. The van der Waals surface area contributed by atoms with Crippen molar-refractivity contribution in [2.24, 2.45) is 0 Å². The number of aromatic nitrogens is 3. The summed E-state index contributed by atoms with van der Waals surface area (Å²) >= 11 is 0. The lowest BCUT2D eigenvalue weighted by Gasteiger charge is -2.00. The van der Waals surface area contributed by atoms with Crippen molar-refractivity contribution < 1.29 is 0 Å². The van der Waals surface area contributed by atoms with Gasteiger partial charge in [-0.1, -0.05) is 18.6 Å². The highest BCUT2D eigenvalue weighted by Crippen LogP contribution is 2.06. The Kier molecular flexibility index (Phi) is 2.63. The second-order valence-corrected chi connectivity index (χ2v) is 2.69. The van der Waals surface area contributed by atoms with E-state index in [0.29, 0.717) is 0 Å². The lowest BCUT2D eigenvalue weighted by Crippen LogP contribution is -2.02. The fourth-order valence-electron chi connectivity index (χ4n) is 1.22. The van der Waals surface area contributed by atoms with Gasteiger partial charge in [-0.25, -0.2) is 4.68 Å². The molecule has 0 fully saturated rings. The Morgan fingerprint density at radius 1 is 1.36 bits per heavy atom. The fourth-order valence-corrected chi connectivity index (χ4v) is 1.22. The van der Waals surface area contributed by atoms with Crippen LogP contribution in [-0.2, 0) is 13.0 Å². The van der Waals surface area contributed by atoms with Crippen LogP contribution in [0, 0.1) is 6.92 Å². The van der Waals surface area contributed by atoms with Crippen LogP contribution in [0.5, 0.6) is 0 Å². The van der Waals surface area contributed by atoms with E-state index in [2.05, 4.69) is 24.2 Å². The van der Waals surface area contributed by atoms with E-state index in [4.69, 9.17) is 0 Å². The van der Waals surface area contributed by atoms with Gasteiger partial charge in [0.05, 0.1) is 11.4 Å². The van der Waals surface area contributed by atoms with Crippen LogP contribution in [0.2, 0.25) is 0 Å².